The molecule has 0 N–H and O–H groups in total. The Morgan fingerprint density at radius 3 is 2.11 bits per heavy atom. The normalized spacial score (nSPS) is 18.5. The molecule has 0 unspecified atom stereocenters. The van der Waals surface area contributed by atoms with Crippen LogP contribution in [0.15, 0.2) is 18.5 Å². The highest BCUT2D eigenvalue weighted by Crippen LogP contribution is 2.11. The molecule has 0 spiro atoms. The first-order valence-corrected chi connectivity index (χ1v) is 9.53. The zero-order valence-corrected chi connectivity index (χ0v) is 16.3. The van der Waals surface area contributed by atoms with Crippen molar-refractivity contribution >= 4 is 17.9 Å². The molecule has 2 aliphatic rings. The van der Waals surface area contributed by atoms with Crippen molar-refractivity contribution in [3.05, 3.63) is 18.5 Å². The lowest BCUT2D eigenvalue weighted by atomic mass is 10.2. The molecule has 0 saturated carbocycles. The third-order valence-electron chi connectivity index (χ3n) is 5.13. The average molecular weight is 375 g/mol. The van der Waals surface area contributed by atoms with Gasteiger partial charge >= 0.3 is 6.03 Å². The Balaban J connectivity index is 1.36. The number of hydrogen-bond donors (Lipinski definition) is 0. The van der Waals surface area contributed by atoms with E-state index in [-0.39, 0.29) is 11.9 Å². The van der Waals surface area contributed by atoms with Gasteiger partial charge in [-0.15, -0.1) is 0 Å². The SMILES string of the molecule is CN(C)C(=O)N1CCN(CCC(=O)N2CCN(c3ncccn3)CC2)CC1. The smallest absolute Gasteiger partial charge is 0.319 e. The van der Waals surface area contributed by atoms with E-state index in [1.54, 1.807) is 37.5 Å². The first-order chi connectivity index (χ1) is 13.0. The highest BCUT2D eigenvalue weighted by Gasteiger charge is 2.25. The maximum atomic E-state index is 12.5. The first-order valence-electron chi connectivity index (χ1n) is 9.53. The van der Waals surface area contributed by atoms with Gasteiger partial charge < -0.3 is 19.6 Å². The van der Waals surface area contributed by atoms with E-state index in [4.69, 9.17) is 0 Å². The van der Waals surface area contributed by atoms with Gasteiger partial charge in [-0.1, -0.05) is 0 Å². The van der Waals surface area contributed by atoms with E-state index in [1.807, 2.05) is 9.80 Å². The van der Waals surface area contributed by atoms with Crippen molar-refractivity contribution in [2.45, 2.75) is 6.42 Å². The summed E-state index contributed by atoms with van der Waals surface area (Å²) in [6.07, 6.45) is 4.01. The van der Waals surface area contributed by atoms with Gasteiger partial charge in [0.05, 0.1) is 0 Å². The second-order valence-electron chi connectivity index (χ2n) is 7.17. The van der Waals surface area contributed by atoms with Crippen LogP contribution in [0, 0.1) is 0 Å². The molecule has 0 radical (unpaired) electrons. The second-order valence-corrected chi connectivity index (χ2v) is 7.17. The molecule has 0 bridgehead atoms. The van der Waals surface area contributed by atoms with Crippen LogP contribution in [0.3, 0.4) is 0 Å². The summed E-state index contributed by atoms with van der Waals surface area (Å²) >= 11 is 0. The maximum Gasteiger partial charge on any atom is 0.319 e. The van der Waals surface area contributed by atoms with Crippen molar-refractivity contribution in [2.24, 2.45) is 0 Å². The van der Waals surface area contributed by atoms with Crippen molar-refractivity contribution in [3.63, 3.8) is 0 Å². The number of amides is 3. The summed E-state index contributed by atoms with van der Waals surface area (Å²) in [5.74, 6) is 0.935. The Hall–Kier alpha value is -2.42. The summed E-state index contributed by atoms with van der Waals surface area (Å²) in [6, 6.07) is 1.87. The molecule has 0 atom stereocenters. The number of hydrogen-bond acceptors (Lipinski definition) is 6. The van der Waals surface area contributed by atoms with E-state index in [9.17, 15) is 9.59 Å². The summed E-state index contributed by atoms with van der Waals surface area (Å²) in [5.41, 5.74) is 0. The quantitative estimate of drug-likeness (QED) is 0.726. The van der Waals surface area contributed by atoms with Crippen molar-refractivity contribution in [1.82, 2.24) is 29.6 Å². The minimum atomic E-state index is 0.0611. The van der Waals surface area contributed by atoms with Crippen molar-refractivity contribution in [1.29, 1.82) is 0 Å². The van der Waals surface area contributed by atoms with E-state index < -0.39 is 0 Å². The Bertz CT molecular complexity index is 624. The molecule has 2 fully saturated rings. The minimum absolute atomic E-state index is 0.0611. The van der Waals surface area contributed by atoms with Crippen LogP contribution in [-0.4, -0.2) is 115 Å². The number of piperazine rings is 2. The fraction of sp³-hybridized carbons (Fsp3) is 0.667. The molecule has 3 rings (SSSR count). The van der Waals surface area contributed by atoms with Gasteiger partial charge in [0.2, 0.25) is 11.9 Å². The summed E-state index contributed by atoms with van der Waals surface area (Å²) in [5, 5.41) is 0. The summed E-state index contributed by atoms with van der Waals surface area (Å²) in [6.45, 7) is 6.80. The Morgan fingerprint density at radius 2 is 1.52 bits per heavy atom. The number of rotatable bonds is 4. The van der Waals surface area contributed by atoms with Crippen LogP contribution >= 0.6 is 0 Å². The van der Waals surface area contributed by atoms with E-state index in [0.29, 0.717) is 19.5 Å². The van der Waals surface area contributed by atoms with Gasteiger partial charge in [0, 0.05) is 91.8 Å². The molecule has 148 valence electrons. The lowest BCUT2D eigenvalue weighted by molar-refractivity contribution is -0.131. The predicted octanol–water partition coefficient (Wildman–Crippen LogP) is -0.185. The number of urea groups is 1. The molecule has 9 heteroatoms. The molecule has 27 heavy (non-hydrogen) atoms. The standard InChI is InChI=1S/C18H29N7O2/c1-21(2)18(27)25-10-8-22(9-11-25)7-4-16(26)23-12-14-24(15-13-23)17-19-5-3-6-20-17/h3,5-6H,4,7-15H2,1-2H3. The molecule has 3 amide bonds. The van der Waals surface area contributed by atoms with E-state index in [2.05, 4.69) is 19.8 Å². The van der Waals surface area contributed by atoms with Gasteiger partial charge in [-0.3, -0.25) is 9.69 Å². The highest BCUT2D eigenvalue weighted by atomic mass is 16.2. The zero-order valence-electron chi connectivity index (χ0n) is 16.3. The summed E-state index contributed by atoms with van der Waals surface area (Å²) in [7, 11) is 3.55. The Kier molecular flexibility index (Phi) is 6.44. The molecule has 0 aliphatic carbocycles. The molecule has 3 heterocycles. The highest BCUT2D eigenvalue weighted by molar-refractivity contribution is 5.76. The van der Waals surface area contributed by atoms with Gasteiger partial charge in [0.15, 0.2) is 0 Å². The van der Waals surface area contributed by atoms with Gasteiger partial charge in [0.25, 0.3) is 0 Å². The van der Waals surface area contributed by atoms with Crippen LogP contribution in [0.4, 0.5) is 10.7 Å². The monoisotopic (exact) mass is 375 g/mol. The largest absolute Gasteiger partial charge is 0.339 e. The van der Waals surface area contributed by atoms with E-state index in [1.165, 1.54) is 0 Å². The van der Waals surface area contributed by atoms with Crippen molar-refractivity contribution in [3.8, 4) is 0 Å². The molecule has 2 saturated heterocycles. The van der Waals surface area contributed by atoms with Gasteiger partial charge in [-0.05, 0) is 6.07 Å². The second kappa shape index (κ2) is 8.98. The number of carbonyl (C=O) groups is 2. The summed E-state index contributed by atoms with van der Waals surface area (Å²) in [4.78, 5) is 42.8. The van der Waals surface area contributed by atoms with Crippen molar-refractivity contribution < 1.29 is 9.59 Å². The molecule has 1 aromatic rings. The van der Waals surface area contributed by atoms with Crippen LogP contribution in [0.2, 0.25) is 0 Å². The van der Waals surface area contributed by atoms with E-state index >= 15 is 0 Å². The topological polar surface area (TPSA) is 76.1 Å². The minimum Gasteiger partial charge on any atom is -0.339 e. The maximum absolute atomic E-state index is 12.5. The number of nitrogens with zero attached hydrogens (tertiary/aromatic N) is 7. The van der Waals surface area contributed by atoms with Crippen molar-refractivity contribution in [2.75, 3.05) is 77.9 Å². The molecule has 1 aromatic heterocycles. The average Bonchev–Trinajstić information content (AvgIpc) is 2.72. The summed E-state index contributed by atoms with van der Waals surface area (Å²) < 4.78 is 0. The first kappa shape index (κ1) is 19.3. The fourth-order valence-electron chi connectivity index (χ4n) is 3.47. The molecule has 2 aliphatic heterocycles. The van der Waals surface area contributed by atoms with Gasteiger partial charge in [-0.2, -0.15) is 0 Å². The van der Waals surface area contributed by atoms with Crippen LogP contribution in [0.5, 0.6) is 0 Å². The lowest BCUT2D eigenvalue weighted by Crippen LogP contribution is -2.52. The predicted molar refractivity (Wildman–Crippen MR) is 103 cm³/mol. The Morgan fingerprint density at radius 1 is 0.926 bits per heavy atom. The Labute approximate surface area is 160 Å². The molecule has 9 nitrogen and oxygen atoms in total. The third-order valence-corrected chi connectivity index (χ3v) is 5.13. The van der Waals surface area contributed by atoms with Gasteiger partial charge in [0.1, 0.15) is 0 Å². The van der Waals surface area contributed by atoms with E-state index in [0.717, 1.165) is 51.8 Å². The lowest BCUT2D eigenvalue weighted by Gasteiger charge is -2.37. The third kappa shape index (κ3) is 5.06. The molecular formula is C18H29N7O2. The van der Waals surface area contributed by atoms with Crippen LogP contribution < -0.4 is 4.90 Å². The zero-order chi connectivity index (χ0) is 19.2. The van der Waals surface area contributed by atoms with Crippen LogP contribution in [0.1, 0.15) is 6.42 Å². The number of anilines is 1. The number of aromatic nitrogens is 2. The fourth-order valence-corrected chi connectivity index (χ4v) is 3.47. The number of carbonyl (C=O) groups excluding carboxylic acids is 2. The molecule has 0 aromatic carbocycles. The van der Waals surface area contributed by atoms with Crippen LogP contribution in [0.25, 0.3) is 0 Å². The molecular weight excluding hydrogens is 346 g/mol. The van der Waals surface area contributed by atoms with Gasteiger partial charge in [-0.25, -0.2) is 14.8 Å². The van der Waals surface area contributed by atoms with Crippen LogP contribution in [-0.2, 0) is 4.79 Å².